The molecule has 3 N–H and O–H groups in total. The maximum Gasteiger partial charge on any atom is 0.280 e. The SMILES string of the molecule is CCCC(N)S(=O)(=O)O. The van der Waals surface area contributed by atoms with Crippen molar-refractivity contribution in [3.8, 4) is 0 Å². The van der Waals surface area contributed by atoms with E-state index in [1.807, 2.05) is 0 Å². The molecule has 9 heavy (non-hydrogen) atoms. The van der Waals surface area contributed by atoms with E-state index in [0.29, 0.717) is 12.8 Å². The Kier molecular flexibility index (Phi) is 3.10. The van der Waals surface area contributed by atoms with Crippen LogP contribution in [0.4, 0.5) is 0 Å². The third-order valence-electron chi connectivity index (χ3n) is 0.956. The summed E-state index contributed by atoms with van der Waals surface area (Å²) in [6.07, 6.45) is 0.958. The van der Waals surface area contributed by atoms with E-state index in [4.69, 9.17) is 10.3 Å². The molecule has 0 spiro atoms. The molecule has 0 aromatic heterocycles. The molecule has 4 nitrogen and oxygen atoms in total. The third-order valence-corrected chi connectivity index (χ3v) is 1.96. The first kappa shape index (κ1) is 8.87. The Bertz CT molecular complexity index is 163. The van der Waals surface area contributed by atoms with Gasteiger partial charge in [0.15, 0.2) is 0 Å². The summed E-state index contributed by atoms with van der Waals surface area (Å²) in [7, 11) is -3.99. The standard InChI is InChI=1S/C4H11NO3S/c1-2-3-4(5)9(6,7)8/h4H,2-3,5H2,1H3,(H,6,7,8). The lowest BCUT2D eigenvalue weighted by molar-refractivity contribution is 0.462. The van der Waals surface area contributed by atoms with Gasteiger partial charge in [-0.25, -0.2) is 0 Å². The molecule has 56 valence electrons. The molecule has 0 saturated heterocycles. The van der Waals surface area contributed by atoms with Crippen molar-refractivity contribution in [3.63, 3.8) is 0 Å². The Morgan fingerprint density at radius 2 is 2.11 bits per heavy atom. The first-order valence-corrected chi connectivity index (χ1v) is 4.20. The normalized spacial score (nSPS) is 15.4. The highest BCUT2D eigenvalue weighted by Crippen LogP contribution is 1.98. The van der Waals surface area contributed by atoms with E-state index in [2.05, 4.69) is 0 Å². The molecule has 0 aliphatic rings. The molecule has 1 atom stereocenters. The van der Waals surface area contributed by atoms with Crippen molar-refractivity contribution in [1.82, 2.24) is 0 Å². The molecule has 1 unspecified atom stereocenters. The van der Waals surface area contributed by atoms with Crippen LogP contribution in [0.1, 0.15) is 19.8 Å². The zero-order valence-corrected chi connectivity index (χ0v) is 6.06. The van der Waals surface area contributed by atoms with Crippen LogP contribution in [-0.4, -0.2) is 18.3 Å². The van der Waals surface area contributed by atoms with Crippen LogP contribution in [0.15, 0.2) is 0 Å². The van der Waals surface area contributed by atoms with Crippen molar-refractivity contribution < 1.29 is 13.0 Å². The van der Waals surface area contributed by atoms with Crippen molar-refractivity contribution >= 4 is 10.1 Å². The molecule has 0 bridgehead atoms. The van der Waals surface area contributed by atoms with Crippen molar-refractivity contribution in [2.75, 3.05) is 0 Å². The van der Waals surface area contributed by atoms with E-state index in [9.17, 15) is 8.42 Å². The van der Waals surface area contributed by atoms with Crippen LogP contribution in [-0.2, 0) is 10.1 Å². The van der Waals surface area contributed by atoms with E-state index >= 15 is 0 Å². The minimum atomic E-state index is -3.99. The van der Waals surface area contributed by atoms with Crippen LogP contribution in [0.5, 0.6) is 0 Å². The van der Waals surface area contributed by atoms with Gasteiger partial charge in [-0.2, -0.15) is 8.42 Å². The average molecular weight is 153 g/mol. The second-order valence-electron chi connectivity index (χ2n) is 1.84. The van der Waals surface area contributed by atoms with Gasteiger partial charge in [0.05, 0.1) is 0 Å². The Morgan fingerprint density at radius 1 is 1.67 bits per heavy atom. The highest BCUT2D eigenvalue weighted by atomic mass is 32.2. The van der Waals surface area contributed by atoms with Gasteiger partial charge >= 0.3 is 0 Å². The molecule has 0 aromatic rings. The monoisotopic (exact) mass is 153 g/mol. The number of hydrogen-bond acceptors (Lipinski definition) is 3. The Morgan fingerprint density at radius 3 is 2.22 bits per heavy atom. The number of nitrogens with two attached hydrogens (primary N) is 1. The second-order valence-corrected chi connectivity index (χ2v) is 3.48. The predicted octanol–water partition coefficient (Wildman–Crippen LogP) is -0.0409. The number of rotatable bonds is 3. The average Bonchev–Trinajstić information content (AvgIpc) is 1.64. The summed E-state index contributed by atoms with van der Waals surface area (Å²) in [5, 5.41) is -1.11. The summed E-state index contributed by atoms with van der Waals surface area (Å²) in [4.78, 5) is 0. The fraction of sp³-hybridized carbons (Fsp3) is 1.00. The molecule has 0 amide bonds. The summed E-state index contributed by atoms with van der Waals surface area (Å²) in [5.41, 5.74) is 5.02. The van der Waals surface area contributed by atoms with Crippen LogP contribution in [0.25, 0.3) is 0 Å². The molecule has 5 heteroatoms. The Hall–Kier alpha value is -0.130. The molecule has 0 aromatic carbocycles. The number of hydrogen-bond donors (Lipinski definition) is 2. The molecule has 0 rings (SSSR count). The van der Waals surface area contributed by atoms with Gasteiger partial charge in [-0.1, -0.05) is 13.3 Å². The molecular formula is C4H11NO3S. The van der Waals surface area contributed by atoms with Crippen LogP contribution in [0, 0.1) is 0 Å². The van der Waals surface area contributed by atoms with Crippen LogP contribution < -0.4 is 5.73 Å². The van der Waals surface area contributed by atoms with Gasteiger partial charge in [0.25, 0.3) is 10.1 Å². The lowest BCUT2D eigenvalue weighted by Gasteiger charge is -2.03. The van der Waals surface area contributed by atoms with Crippen molar-refractivity contribution in [2.24, 2.45) is 5.73 Å². The molecule has 0 aliphatic heterocycles. The minimum Gasteiger partial charge on any atom is -0.313 e. The van der Waals surface area contributed by atoms with Gasteiger partial charge in [0.1, 0.15) is 5.37 Å². The maximum atomic E-state index is 10.2. The third kappa shape index (κ3) is 3.45. The highest BCUT2D eigenvalue weighted by molar-refractivity contribution is 7.86. The topological polar surface area (TPSA) is 80.4 Å². The van der Waals surface area contributed by atoms with E-state index in [1.54, 1.807) is 6.92 Å². The van der Waals surface area contributed by atoms with Gasteiger partial charge in [0, 0.05) is 0 Å². The fourth-order valence-electron chi connectivity index (χ4n) is 0.433. The van der Waals surface area contributed by atoms with Crippen LogP contribution in [0.2, 0.25) is 0 Å². The Labute approximate surface area is 54.8 Å². The lowest BCUT2D eigenvalue weighted by Crippen LogP contribution is -2.29. The van der Waals surface area contributed by atoms with Gasteiger partial charge in [-0.15, -0.1) is 0 Å². The summed E-state index contributed by atoms with van der Waals surface area (Å²) >= 11 is 0. The smallest absolute Gasteiger partial charge is 0.280 e. The fourth-order valence-corrected chi connectivity index (χ4v) is 0.967. The zero-order chi connectivity index (χ0) is 7.49. The van der Waals surface area contributed by atoms with Gasteiger partial charge < -0.3 is 5.73 Å². The summed E-state index contributed by atoms with van der Waals surface area (Å²) in [6, 6.07) is 0. The molecule has 0 radical (unpaired) electrons. The zero-order valence-electron chi connectivity index (χ0n) is 5.24. The van der Waals surface area contributed by atoms with Crippen molar-refractivity contribution in [2.45, 2.75) is 25.1 Å². The quantitative estimate of drug-likeness (QED) is 0.557. The molecule has 0 heterocycles. The second kappa shape index (κ2) is 3.14. The Balaban J connectivity index is 3.90. The largest absolute Gasteiger partial charge is 0.313 e. The minimum absolute atomic E-state index is 0.304. The van der Waals surface area contributed by atoms with Crippen LogP contribution >= 0.6 is 0 Å². The van der Waals surface area contributed by atoms with E-state index in [-0.39, 0.29) is 0 Å². The van der Waals surface area contributed by atoms with Gasteiger partial charge in [-0.05, 0) is 6.42 Å². The summed E-state index contributed by atoms with van der Waals surface area (Å²) in [5.74, 6) is 0. The van der Waals surface area contributed by atoms with Gasteiger partial charge in [-0.3, -0.25) is 4.55 Å². The first-order chi connectivity index (χ1) is 3.98. The molecule has 0 fully saturated rings. The van der Waals surface area contributed by atoms with Crippen LogP contribution in [0.3, 0.4) is 0 Å². The van der Waals surface area contributed by atoms with E-state index in [1.165, 1.54) is 0 Å². The highest BCUT2D eigenvalue weighted by Gasteiger charge is 2.15. The predicted molar refractivity (Wildman–Crippen MR) is 34.4 cm³/mol. The van der Waals surface area contributed by atoms with E-state index in [0.717, 1.165) is 0 Å². The molecule has 0 saturated carbocycles. The molecular weight excluding hydrogens is 142 g/mol. The lowest BCUT2D eigenvalue weighted by atomic mass is 10.3. The summed E-state index contributed by atoms with van der Waals surface area (Å²) < 4.78 is 28.6. The molecule has 0 aliphatic carbocycles. The van der Waals surface area contributed by atoms with Crippen molar-refractivity contribution in [3.05, 3.63) is 0 Å². The van der Waals surface area contributed by atoms with Crippen molar-refractivity contribution in [1.29, 1.82) is 0 Å². The van der Waals surface area contributed by atoms with Gasteiger partial charge in [0.2, 0.25) is 0 Å². The van der Waals surface area contributed by atoms with E-state index < -0.39 is 15.5 Å². The maximum absolute atomic E-state index is 10.2. The first-order valence-electron chi connectivity index (χ1n) is 2.70. The summed E-state index contributed by atoms with van der Waals surface area (Å²) in [6.45, 7) is 1.80.